The highest BCUT2D eigenvalue weighted by Gasteiger charge is 2.23. The van der Waals surface area contributed by atoms with Gasteiger partial charge in [-0.1, -0.05) is 17.2 Å². The first-order valence-corrected chi connectivity index (χ1v) is 6.22. The fourth-order valence-electron chi connectivity index (χ4n) is 2.34. The van der Waals surface area contributed by atoms with Crippen molar-refractivity contribution < 1.29 is 9.15 Å². The molecule has 1 aromatic heterocycles. The van der Waals surface area contributed by atoms with Crippen molar-refractivity contribution >= 4 is 0 Å². The number of hydrogen-bond donors (Lipinski definition) is 0. The molecule has 0 aliphatic carbocycles. The number of aromatic nitrogens is 2. The molecular formula is C14H16N2O2. The molecule has 1 aromatic carbocycles. The summed E-state index contributed by atoms with van der Waals surface area (Å²) >= 11 is 0. The summed E-state index contributed by atoms with van der Waals surface area (Å²) in [5, 5.41) is 8.28. The predicted molar refractivity (Wildman–Crippen MR) is 67.4 cm³/mol. The highest BCUT2D eigenvalue weighted by atomic mass is 16.5. The molecular weight excluding hydrogens is 228 g/mol. The molecule has 94 valence electrons. The van der Waals surface area contributed by atoms with Gasteiger partial charge in [0.05, 0.1) is 12.5 Å². The van der Waals surface area contributed by atoms with Gasteiger partial charge in [0.2, 0.25) is 11.8 Å². The van der Waals surface area contributed by atoms with Crippen LogP contribution in [0.5, 0.6) is 0 Å². The molecule has 0 N–H and O–H groups in total. The lowest BCUT2D eigenvalue weighted by Gasteiger charge is -2.01. The lowest BCUT2D eigenvalue weighted by Crippen LogP contribution is -1.97. The summed E-state index contributed by atoms with van der Waals surface area (Å²) in [5.74, 6) is 1.56. The molecule has 0 amide bonds. The minimum Gasteiger partial charge on any atom is -0.420 e. The molecule has 2 heterocycles. The summed E-state index contributed by atoms with van der Waals surface area (Å²) in [5.41, 5.74) is 3.40. The Hall–Kier alpha value is -1.68. The quantitative estimate of drug-likeness (QED) is 0.815. The monoisotopic (exact) mass is 244 g/mol. The Bertz CT molecular complexity index is 536. The molecule has 1 atom stereocenters. The van der Waals surface area contributed by atoms with Gasteiger partial charge in [-0.2, -0.15) is 0 Å². The minimum atomic E-state index is 0.261. The van der Waals surface area contributed by atoms with Crippen molar-refractivity contribution in [2.75, 3.05) is 13.2 Å². The number of ether oxygens (including phenoxy) is 1. The minimum absolute atomic E-state index is 0.261. The Morgan fingerprint density at radius 2 is 1.89 bits per heavy atom. The topological polar surface area (TPSA) is 48.2 Å². The van der Waals surface area contributed by atoms with Crippen LogP contribution in [0.2, 0.25) is 0 Å². The van der Waals surface area contributed by atoms with E-state index in [1.165, 1.54) is 11.1 Å². The van der Waals surface area contributed by atoms with E-state index in [9.17, 15) is 0 Å². The molecule has 1 saturated heterocycles. The van der Waals surface area contributed by atoms with Crippen LogP contribution in [0.15, 0.2) is 22.6 Å². The number of rotatable bonds is 2. The molecule has 0 saturated carbocycles. The Morgan fingerprint density at radius 1 is 1.11 bits per heavy atom. The third-order valence-electron chi connectivity index (χ3n) is 3.19. The van der Waals surface area contributed by atoms with Crippen LogP contribution in [0.4, 0.5) is 0 Å². The molecule has 4 heteroatoms. The molecule has 0 bridgehead atoms. The predicted octanol–water partition coefficient (Wildman–Crippen LogP) is 2.86. The average Bonchev–Trinajstić information content (AvgIpc) is 2.99. The largest absolute Gasteiger partial charge is 0.420 e. The molecule has 0 spiro atoms. The van der Waals surface area contributed by atoms with Gasteiger partial charge in [0.1, 0.15) is 0 Å². The van der Waals surface area contributed by atoms with Gasteiger partial charge in [0.25, 0.3) is 0 Å². The Kier molecular flexibility index (Phi) is 2.88. The van der Waals surface area contributed by atoms with Crippen LogP contribution in [0.25, 0.3) is 11.5 Å². The van der Waals surface area contributed by atoms with Gasteiger partial charge in [0.15, 0.2) is 0 Å². The summed E-state index contributed by atoms with van der Waals surface area (Å²) < 4.78 is 11.1. The van der Waals surface area contributed by atoms with Crippen LogP contribution >= 0.6 is 0 Å². The molecule has 1 aliphatic heterocycles. The summed E-state index contributed by atoms with van der Waals surface area (Å²) in [4.78, 5) is 0. The van der Waals surface area contributed by atoms with Crippen LogP contribution in [-0.2, 0) is 4.74 Å². The normalized spacial score (nSPS) is 19.3. The van der Waals surface area contributed by atoms with Crippen LogP contribution < -0.4 is 0 Å². The van der Waals surface area contributed by atoms with E-state index in [0.717, 1.165) is 18.6 Å². The first kappa shape index (κ1) is 11.4. The average molecular weight is 244 g/mol. The maximum absolute atomic E-state index is 5.76. The van der Waals surface area contributed by atoms with Gasteiger partial charge < -0.3 is 9.15 Å². The van der Waals surface area contributed by atoms with Crippen LogP contribution in [0, 0.1) is 13.8 Å². The van der Waals surface area contributed by atoms with Gasteiger partial charge >= 0.3 is 0 Å². The molecule has 1 fully saturated rings. The molecule has 4 nitrogen and oxygen atoms in total. The van der Waals surface area contributed by atoms with Crippen molar-refractivity contribution in [2.45, 2.75) is 26.2 Å². The van der Waals surface area contributed by atoms with Gasteiger partial charge in [-0.25, -0.2) is 0 Å². The van der Waals surface area contributed by atoms with Crippen molar-refractivity contribution in [3.05, 3.63) is 35.2 Å². The second-order valence-corrected chi connectivity index (χ2v) is 4.88. The number of hydrogen-bond acceptors (Lipinski definition) is 4. The van der Waals surface area contributed by atoms with Crippen LogP contribution in [0.3, 0.4) is 0 Å². The van der Waals surface area contributed by atoms with Gasteiger partial charge in [0, 0.05) is 12.2 Å². The fraction of sp³-hybridized carbons (Fsp3) is 0.429. The van der Waals surface area contributed by atoms with Crippen LogP contribution in [-0.4, -0.2) is 23.4 Å². The third kappa shape index (κ3) is 2.16. The third-order valence-corrected chi connectivity index (χ3v) is 3.19. The van der Waals surface area contributed by atoms with E-state index >= 15 is 0 Å². The summed E-state index contributed by atoms with van der Waals surface area (Å²) in [6, 6.07) is 6.26. The van der Waals surface area contributed by atoms with Crippen molar-refractivity contribution in [3.8, 4) is 11.5 Å². The van der Waals surface area contributed by atoms with Gasteiger partial charge in [-0.3, -0.25) is 0 Å². The summed E-state index contributed by atoms with van der Waals surface area (Å²) in [6.07, 6.45) is 0.967. The Labute approximate surface area is 106 Å². The molecule has 2 aromatic rings. The molecule has 1 aliphatic rings. The standard InChI is InChI=1S/C14H16N2O2/c1-9-5-10(2)7-12(6-9)14-16-15-13(18-14)11-3-4-17-8-11/h5-7,11H,3-4,8H2,1-2H3/t11-/m0/s1. The molecule has 18 heavy (non-hydrogen) atoms. The SMILES string of the molecule is Cc1cc(C)cc(-c2nnc([C@H]3CCOC3)o2)c1. The zero-order valence-electron chi connectivity index (χ0n) is 10.6. The number of benzene rings is 1. The highest BCUT2D eigenvalue weighted by Crippen LogP contribution is 2.27. The smallest absolute Gasteiger partial charge is 0.247 e. The molecule has 0 unspecified atom stereocenters. The van der Waals surface area contributed by atoms with E-state index in [1.54, 1.807) is 0 Å². The van der Waals surface area contributed by atoms with E-state index in [2.05, 4.69) is 42.2 Å². The second kappa shape index (κ2) is 4.53. The van der Waals surface area contributed by atoms with Gasteiger partial charge in [-0.05, 0) is 32.4 Å². The zero-order chi connectivity index (χ0) is 12.5. The first-order chi connectivity index (χ1) is 8.72. The number of aryl methyl sites for hydroxylation is 2. The zero-order valence-corrected chi connectivity index (χ0v) is 10.6. The van der Waals surface area contributed by atoms with Crippen molar-refractivity contribution in [1.82, 2.24) is 10.2 Å². The maximum Gasteiger partial charge on any atom is 0.247 e. The fourth-order valence-corrected chi connectivity index (χ4v) is 2.34. The summed E-state index contributed by atoms with van der Waals surface area (Å²) in [7, 11) is 0. The summed E-state index contributed by atoms with van der Waals surface area (Å²) in [6.45, 7) is 5.61. The van der Waals surface area contributed by atoms with Gasteiger partial charge in [-0.15, -0.1) is 10.2 Å². The van der Waals surface area contributed by atoms with Crippen molar-refractivity contribution in [1.29, 1.82) is 0 Å². The Morgan fingerprint density at radius 3 is 2.56 bits per heavy atom. The molecule has 0 radical (unpaired) electrons. The lowest BCUT2D eigenvalue weighted by molar-refractivity contribution is 0.191. The second-order valence-electron chi connectivity index (χ2n) is 4.88. The maximum atomic E-state index is 5.76. The van der Waals surface area contributed by atoms with E-state index in [4.69, 9.17) is 9.15 Å². The van der Waals surface area contributed by atoms with Crippen molar-refractivity contribution in [3.63, 3.8) is 0 Å². The van der Waals surface area contributed by atoms with Crippen LogP contribution in [0.1, 0.15) is 29.4 Å². The van der Waals surface area contributed by atoms with E-state index in [1.807, 2.05) is 0 Å². The highest BCUT2D eigenvalue weighted by molar-refractivity contribution is 5.55. The lowest BCUT2D eigenvalue weighted by atomic mass is 10.1. The van der Waals surface area contributed by atoms with E-state index in [0.29, 0.717) is 18.4 Å². The van der Waals surface area contributed by atoms with Crippen molar-refractivity contribution in [2.24, 2.45) is 0 Å². The van der Waals surface area contributed by atoms with E-state index < -0.39 is 0 Å². The Balaban J connectivity index is 1.92. The first-order valence-electron chi connectivity index (χ1n) is 6.22. The van der Waals surface area contributed by atoms with E-state index in [-0.39, 0.29) is 5.92 Å². The molecule has 3 rings (SSSR count). The number of nitrogens with zero attached hydrogens (tertiary/aromatic N) is 2.